The maximum atomic E-state index is 6.29. The molecule has 0 aromatic heterocycles. The molecular weight excluding hydrogens is 506 g/mol. The highest BCUT2D eigenvalue weighted by atomic mass is 16.5. The van der Waals surface area contributed by atoms with Gasteiger partial charge in [0.15, 0.2) is 23.0 Å². The highest BCUT2D eigenvalue weighted by molar-refractivity contribution is 6.17. The Morgan fingerprint density at radius 1 is 0.600 bits per heavy atom. The van der Waals surface area contributed by atoms with Crippen LogP contribution in [0.15, 0.2) is 83.9 Å². The SMILES string of the molecule is COc1cc(C2=NCCc3cc(OC)c(OCc4ccccc4)c(OC)c32)cc(OC)c1OCc1ccccc1. The third-order valence-corrected chi connectivity index (χ3v) is 6.78. The first-order valence-electron chi connectivity index (χ1n) is 13.1. The van der Waals surface area contributed by atoms with Crippen molar-refractivity contribution in [1.82, 2.24) is 0 Å². The van der Waals surface area contributed by atoms with Crippen LogP contribution in [0.2, 0.25) is 0 Å². The average Bonchev–Trinajstić information content (AvgIpc) is 3.02. The van der Waals surface area contributed by atoms with E-state index in [-0.39, 0.29) is 0 Å². The van der Waals surface area contributed by atoms with Gasteiger partial charge in [-0.3, -0.25) is 4.99 Å². The van der Waals surface area contributed by atoms with E-state index in [4.69, 9.17) is 33.4 Å². The van der Waals surface area contributed by atoms with Crippen LogP contribution in [0.25, 0.3) is 0 Å². The Kier molecular flexibility index (Phi) is 8.40. The van der Waals surface area contributed by atoms with Crippen molar-refractivity contribution in [3.8, 4) is 34.5 Å². The molecule has 5 rings (SSSR count). The van der Waals surface area contributed by atoms with Crippen LogP contribution < -0.4 is 28.4 Å². The van der Waals surface area contributed by atoms with Crippen molar-refractivity contribution in [3.05, 3.63) is 107 Å². The molecule has 1 aliphatic heterocycles. The Hall–Kier alpha value is -4.65. The van der Waals surface area contributed by atoms with Crippen LogP contribution in [0.1, 0.15) is 27.8 Å². The molecule has 0 amide bonds. The Morgan fingerprint density at radius 3 is 1.65 bits per heavy atom. The fourth-order valence-electron chi connectivity index (χ4n) is 4.83. The number of benzene rings is 4. The van der Waals surface area contributed by atoms with E-state index in [2.05, 4.69) is 0 Å². The van der Waals surface area contributed by atoms with Gasteiger partial charge in [-0.1, -0.05) is 60.7 Å². The molecule has 0 radical (unpaired) electrons. The van der Waals surface area contributed by atoms with Gasteiger partial charge in [0.05, 0.1) is 34.2 Å². The summed E-state index contributed by atoms with van der Waals surface area (Å²) in [7, 11) is 6.51. The number of rotatable bonds is 11. The number of hydrogen-bond acceptors (Lipinski definition) is 7. The molecule has 40 heavy (non-hydrogen) atoms. The summed E-state index contributed by atoms with van der Waals surface area (Å²) in [6.45, 7) is 1.37. The highest BCUT2D eigenvalue weighted by Crippen LogP contribution is 2.46. The van der Waals surface area contributed by atoms with Crippen LogP contribution in [0, 0.1) is 0 Å². The number of ether oxygens (including phenoxy) is 6. The lowest BCUT2D eigenvalue weighted by Gasteiger charge is -2.25. The second-order valence-corrected chi connectivity index (χ2v) is 9.21. The van der Waals surface area contributed by atoms with E-state index in [1.54, 1.807) is 28.4 Å². The van der Waals surface area contributed by atoms with E-state index in [0.717, 1.165) is 39.9 Å². The molecule has 7 heteroatoms. The first-order chi connectivity index (χ1) is 19.7. The van der Waals surface area contributed by atoms with E-state index in [0.29, 0.717) is 54.3 Å². The van der Waals surface area contributed by atoms with Crippen molar-refractivity contribution >= 4 is 5.71 Å². The van der Waals surface area contributed by atoms with Crippen LogP contribution in [-0.4, -0.2) is 40.7 Å². The molecule has 206 valence electrons. The summed E-state index contributed by atoms with van der Waals surface area (Å²) in [4.78, 5) is 4.93. The molecule has 1 aliphatic rings. The van der Waals surface area contributed by atoms with Gasteiger partial charge < -0.3 is 28.4 Å². The van der Waals surface area contributed by atoms with Gasteiger partial charge in [-0.05, 0) is 41.3 Å². The van der Waals surface area contributed by atoms with Gasteiger partial charge in [0.1, 0.15) is 13.2 Å². The van der Waals surface area contributed by atoms with Gasteiger partial charge in [-0.2, -0.15) is 0 Å². The van der Waals surface area contributed by atoms with E-state index in [1.165, 1.54) is 0 Å². The smallest absolute Gasteiger partial charge is 0.204 e. The zero-order valence-corrected chi connectivity index (χ0v) is 23.2. The lowest BCUT2D eigenvalue weighted by Crippen LogP contribution is -2.17. The molecule has 0 unspecified atom stereocenters. The summed E-state index contributed by atoms with van der Waals surface area (Å²) < 4.78 is 35.7. The maximum Gasteiger partial charge on any atom is 0.204 e. The number of nitrogens with zero attached hydrogens (tertiary/aromatic N) is 1. The van der Waals surface area contributed by atoms with Gasteiger partial charge in [-0.25, -0.2) is 0 Å². The largest absolute Gasteiger partial charge is 0.493 e. The lowest BCUT2D eigenvalue weighted by molar-refractivity contribution is 0.265. The van der Waals surface area contributed by atoms with Crippen LogP contribution in [0.5, 0.6) is 34.5 Å². The van der Waals surface area contributed by atoms with Crippen molar-refractivity contribution in [2.45, 2.75) is 19.6 Å². The van der Waals surface area contributed by atoms with Gasteiger partial charge in [-0.15, -0.1) is 0 Å². The highest BCUT2D eigenvalue weighted by Gasteiger charge is 2.29. The Labute approximate surface area is 234 Å². The standard InChI is InChI=1S/C33H33NO6/c1-35-26-18-25(19-27(36-2)31(26)39-20-22-11-7-5-8-12-22)30-29-24(15-16-34-30)17-28(37-3)32(33(29)38-4)40-21-23-13-9-6-10-14-23/h5-14,17-19H,15-16,20-21H2,1-4H3. The fraction of sp³-hybridized carbons (Fsp3) is 0.242. The predicted octanol–water partition coefficient (Wildman–Crippen LogP) is 6.27. The molecule has 4 aromatic rings. The van der Waals surface area contributed by atoms with Crippen molar-refractivity contribution in [2.24, 2.45) is 4.99 Å². The van der Waals surface area contributed by atoms with Crippen molar-refractivity contribution in [2.75, 3.05) is 35.0 Å². The van der Waals surface area contributed by atoms with Gasteiger partial charge in [0.25, 0.3) is 0 Å². The van der Waals surface area contributed by atoms with Gasteiger partial charge in [0, 0.05) is 17.7 Å². The molecular formula is C33H33NO6. The minimum Gasteiger partial charge on any atom is -0.493 e. The molecule has 7 nitrogen and oxygen atoms in total. The third-order valence-electron chi connectivity index (χ3n) is 6.78. The summed E-state index contributed by atoms with van der Waals surface area (Å²) in [5.74, 6) is 3.35. The second-order valence-electron chi connectivity index (χ2n) is 9.21. The maximum absolute atomic E-state index is 6.29. The predicted molar refractivity (Wildman–Crippen MR) is 155 cm³/mol. The monoisotopic (exact) mass is 539 g/mol. The third kappa shape index (κ3) is 5.54. The molecule has 4 aromatic carbocycles. The summed E-state index contributed by atoms with van der Waals surface area (Å²) in [5, 5.41) is 0. The van der Waals surface area contributed by atoms with Crippen LogP contribution in [0.4, 0.5) is 0 Å². The quantitative estimate of drug-likeness (QED) is 0.224. The van der Waals surface area contributed by atoms with Crippen molar-refractivity contribution in [3.63, 3.8) is 0 Å². The first kappa shape index (κ1) is 26.9. The zero-order valence-electron chi connectivity index (χ0n) is 23.2. The van der Waals surface area contributed by atoms with E-state index >= 15 is 0 Å². The summed E-state index contributed by atoms with van der Waals surface area (Å²) in [6, 6.07) is 25.8. The van der Waals surface area contributed by atoms with Crippen molar-refractivity contribution in [1.29, 1.82) is 0 Å². The minimum absolute atomic E-state index is 0.369. The topological polar surface area (TPSA) is 67.7 Å². The molecule has 0 atom stereocenters. The minimum atomic E-state index is 0.369. The van der Waals surface area contributed by atoms with Gasteiger partial charge in [0.2, 0.25) is 11.5 Å². The van der Waals surface area contributed by atoms with E-state index in [1.807, 2.05) is 78.9 Å². The zero-order chi connectivity index (χ0) is 27.9. The lowest BCUT2D eigenvalue weighted by atomic mass is 9.91. The van der Waals surface area contributed by atoms with Gasteiger partial charge >= 0.3 is 0 Å². The second kappa shape index (κ2) is 12.5. The molecule has 0 bridgehead atoms. The molecule has 1 heterocycles. The van der Waals surface area contributed by atoms with Crippen LogP contribution in [0.3, 0.4) is 0 Å². The number of methoxy groups -OCH3 is 4. The van der Waals surface area contributed by atoms with Crippen LogP contribution >= 0.6 is 0 Å². The van der Waals surface area contributed by atoms with E-state index in [9.17, 15) is 0 Å². The van der Waals surface area contributed by atoms with Crippen molar-refractivity contribution < 1.29 is 28.4 Å². The Morgan fingerprint density at radius 2 is 1.12 bits per heavy atom. The molecule has 0 N–H and O–H groups in total. The Bertz CT molecular complexity index is 1460. The number of hydrogen-bond donors (Lipinski definition) is 0. The van der Waals surface area contributed by atoms with Crippen LogP contribution in [-0.2, 0) is 19.6 Å². The molecule has 0 spiro atoms. The summed E-state index contributed by atoms with van der Waals surface area (Å²) >= 11 is 0. The fourth-order valence-corrected chi connectivity index (χ4v) is 4.83. The summed E-state index contributed by atoms with van der Waals surface area (Å²) in [5.41, 5.74) is 5.59. The average molecular weight is 540 g/mol. The Balaban J connectivity index is 1.55. The van der Waals surface area contributed by atoms with E-state index < -0.39 is 0 Å². The molecule has 0 fully saturated rings. The molecule has 0 saturated heterocycles. The normalized spacial score (nSPS) is 12.2. The number of fused-ring (bicyclic) bond motifs is 1. The molecule has 0 aliphatic carbocycles. The number of aliphatic imine (C=N–C) groups is 1. The molecule has 0 saturated carbocycles. The summed E-state index contributed by atoms with van der Waals surface area (Å²) in [6.07, 6.45) is 0.747. The first-order valence-corrected chi connectivity index (χ1v) is 13.1.